The molecule has 4 aliphatic rings. The van der Waals surface area contributed by atoms with Gasteiger partial charge in [0.05, 0.1) is 5.41 Å². The van der Waals surface area contributed by atoms with Crippen molar-refractivity contribution in [2.45, 2.75) is 96.2 Å². The van der Waals surface area contributed by atoms with Gasteiger partial charge in [0.25, 0.3) is 5.60 Å². The van der Waals surface area contributed by atoms with Crippen LogP contribution in [-0.2, 0) is 9.53 Å². The molecule has 0 amide bonds. The average Bonchev–Trinajstić information content (AvgIpc) is 2.56. The van der Waals surface area contributed by atoms with E-state index in [9.17, 15) is 36.2 Å². The van der Waals surface area contributed by atoms with Crippen LogP contribution >= 0.6 is 0 Å². The van der Waals surface area contributed by atoms with Crippen molar-refractivity contribution in [2.75, 3.05) is 0 Å². The van der Waals surface area contributed by atoms with Gasteiger partial charge in [0.2, 0.25) is 0 Å². The molecule has 9 heteroatoms. The predicted octanol–water partition coefficient (Wildman–Crippen LogP) is 5.80. The Morgan fingerprint density at radius 1 is 0.967 bits per heavy atom. The minimum absolute atomic E-state index is 0.173. The molecule has 0 aromatic heterocycles. The van der Waals surface area contributed by atoms with Gasteiger partial charge in [-0.15, -0.1) is 0 Å². The number of halogens is 6. The molecule has 0 aromatic carbocycles. The van der Waals surface area contributed by atoms with E-state index in [0.29, 0.717) is 19.3 Å². The van der Waals surface area contributed by atoms with E-state index in [0.717, 1.165) is 19.3 Å². The van der Waals surface area contributed by atoms with Crippen molar-refractivity contribution >= 4 is 5.97 Å². The lowest BCUT2D eigenvalue weighted by Crippen LogP contribution is -2.66. The molecule has 1 N–H and O–H groups in total. The third-order valence-corrected chi connectivity index (χ3v) is 7.80. The van der Waals surface area contributed by atoms with Crippen LogP contribution in [0.4, 0.5) is 26.3 Å². The van der Waals surface area contributed by atoms with Gasteiger partial charge >= 0.3 is 18.3 Å². The summed E-state index contributed by atoms with van der Waals surface area (Å²) in [7, 11) is 0. The Morgan fingerprint density at radius 3 is 1.70 bits per heavy atom. The van der Waals surface area contributed by atoms with Gasteiger partial charge in [-0.2, -0.15) is 26.3 Å². The highest BCUT2D eigenvalue weighted by atomic mass is 19.4. The van der Waals surface area contributed by atoms with Crippen LogP contribution in [-0.4, -0.2) is 35.1 Å². The fourth-order valence-electron chi connectivity index (χ4n) is 6.17. The Morgan fingerprint density at radius 2 is 1.37 bits per heavy atom. The molecule has 0 aliphatic heterocycles. The number of esters is 1. The maximum absolute atomic E-state index is 13.7. The average molecular weight is 444 g/mol. The van der Waals surface area contributed by atoms with Crippen LogP contribution in [0.3, 0.4) is 0 Å². The summed E-state index contributed by atoms with van der Waals surface area (Å²) in [6.45, 7) is 4.39. The Hall–Kier alpha value is -0.990. The maximum Gasteiger partial charge on any atom is 0.430 e. The number of hydrogen-bond acceptors (Lipinski definition) is 3. The van der Waals surface area contributed by atoms with E-state index in [1.165, 1.54) is 13.8 Å². The van der Waals surface area contributed by atoms with Crippen molar-refractivity contribution in [1.82, 2.24) is 0 Å². The molecule has 0 spiro atoms. The molecule has 4 fully saturated rings. The third kappa shape index (κ3) is 3.95. The quantitative estimate of drug-likeness (QED) is 0.416. The number of carbonyl (C=O) groups is 1. The summed E-state index contributed by atoms with van der Waals surface area (Å²) in [6.07, 6.45) is -10.8. The van der Waals surface area contributed by atoms with Gasteiger partial charge in [-0.1, -0.05) is 6.92 Å². The minimum Gasteiger partial charge on any atom is -0.458 e. The largest absolute Gasteiger partial charge is 0.458 e. The summed E-state index contributed by atoms with van der Waals surface area (Å²) >= 11 is 0. The first-order valence-electron chi connectivity index (χ1n) is 10.6. The number of hydrogen-bond donors (Lipinski definition) is 1. The number of carbonyl (C=O) groups excluding carboxylic acids is 1. The second-order valence-corrected chi connectivity index (χ2v) is 10.5. The number of aliphatic hydroxyl groups is 1. The fraction of sp³-hybridized carbons (Fsp3) is 0.952. The number of rotatable bonds is 6. The van der Waals surface area contributed by atoms with Crippen LogP contribution in [0.25, 0.3) is 0 Å². The van der Waals surface area contributed by atoms with E-state index in [1.54, 1.807) is 6.92 Å². The number of alkyl halides is 6. The van der Waals surface area contributed by atoms with Crippen molar-refractivity contribution in [3.63, 3.8) is 0 Å². The van der Waals surface area contributed by atoms with Crippen molar-refractivity contribution in [3.05, 3.63) is 0 Å². The molecule has 0 heterocycles. The molecule has 1 atom stereocenters. The van der Waals surface area contributed by atoms with E-state index in [1.807, 2.05) is 0 Å². The maximum atomic E-state index is 13.7. The van der Waals surface area contributed by atoms with Gasteiger partial charge in [-0.05, 0) is 88.4 Å². The van der Waals surface area contributed by atoms with Crippen molar-refractivity contribution in [3.8, 4) is 0 Å². The third-order valence-electron chi connectivity index (χ3n) is 7.80. The lowest BCUT2D eigenvalue weighted by atomic mass is 9.48. The molecule has 0 saturated heterocycles. The van der Waals surface area contributed by atoms with Gasteiger partial charge in [0.15, 0.2) is 0 Å². The minimum atomic E-state index is -6.03. The second kappa shape index (κ2) is 7.27. The van der Waals surface area contributed by atoms with Gasteiger partial charge in [-0.25, -0.2) is 0 Å². The van der Waals surface area contributed by atoms with Crippen LogP contribution in [0.2, 0.25) is 0 Å². The molecule has 4 aliphatic carbocycles. The Kier molecular flexibility index (Phi) is 5.74. The molecule has 0 aromatic rings. The Bertz CT molecular complexity index is 617. The molecule has 1 unspecified atom stereocenters. The van der Waals surface area contributed by atoms with E-state index in [-0.39, 0.29) is 24.2 Å². The lowest BCUT2D eigenvalue weighted by Gasteiger charge is -2.58. The summed E-state index contributed by atoms with van der Waals surface area (Å²) < 4.78 is 87.0. The summed E-state index contributed by atoms with van der Waals surface area (Å²) in [5.74, 6) is -0.315. The highest BCUT2D eigenvalue weighted by Crippen LogP contribution is 2.63. The Balaban J connectivity index is 1.98. The van der Waals surface area contributed by atoms with Crippen LogP contribution in [0.1, 0.15) is 72.1 Å². The zero-order chi connectivity index (χ0) is 22.8. The summed E-state index contributed by atoms with van der Waals surface area (Å²) in [5, 5.41) is 10.1. The summed E-state index contributed by atoms with van der Waals surface area (Å²) in [4.78, 5) is 12.5. The molecular weight excluding hydrogens is 414 g/mol. The molecule has 4 bridgehead atoms. The van der Waals surface area contributed by atoms with Crippen molar-refractivity contribution < 1.29 is 41.0 Å². The van der Waals surface area contributed by atoms with E-state index >= 15 is 0 Å². The molecule has 30 heavy (non-hydrogen) atoms. The van der Waals surface area contributed by atoms with E-state index in [2.05, 4.69) is 0 Å². The zero-order valence-electron chi connectivity index (χ0n) is 17.5. The fourth-order valence-corrected chi connectivity index (χ4v) is 6.17. The predicted molar refractivity (Wildman–Crippen MR) is 96.2 cm³/mol. The zero-order valence-corrected chi connectivity index (χ0v) is 17.5. The Labute approximate surface area is 172 Å². The smallest absolute Gasteiger partial charge is 0.430 e. The second-order valence-electron chi connectivity index (χ2n) is 10.5. The van der Waals surface area contributed by atoms with Crippen LogP contribution < -0.4 is 0 Å². The highest BCUT2D eigenvalue weighted by molar-refractivity contribution is 5.76. The first-order chi connectivity index (χ1) is 13.5. The first-order valence-corrected chi connectivity index (χ1v) is 10.6. The molecule has 4 saturated carbocycles. The highest BCUT2D eigenvalue weighted by Gasteiger charge is 2.76. The van der Waals surface area contributed by atoms with Crippen molar-refractivity contribution in [1.29, 1.82) is 0 Å². The summed E-state index contributed by atoms with van der Waals surface area (Å²) in [5.41, 5.74) is -7.14. The normalized spacial score (nSPS) is 32.9. The standard InChI is InChI=1S/C21H30F6O3/c1-4-17(2,3)16(28)30-15(19(29,20(22,23)24)21(25,26)27)11-18-8-12-5-13(9-18)7-14(6-12)10-18/h12-15,29H,4-11H2,1-3H3. The molecule has 4 rings (SSSR count). The summed E-state index contributed by atoms with van der Waals surface area (Å²) in [6, 6.07) is 0. The van der Waals surface area contributed by atoms with E-state index in [4.69, 9.17) is 4.74 Å². The molecule has 3 nitrogen and oxygen atoms in total. The first kappa shape index (κ1) is 23.7. The molecule has 0 radical (unpaired) electrons. The van der Waals surface area contributed by atoms with Crippen molar-refractivity contribution in [2.24, 2.45) is 28.6 Å². The van der Waals surface area contributed by atoms with Crippen LogP contribution in [0, 0.1) is 28.6 Å². The lowest BCUT2D eigenvalue weighted by molar-refractivity contribution is -0.394. The van der Waals surface area contributed by atoms with E-state index < -0.39 is 47.3 Å². The van der Waals surface area contributed by atoms with Crippen LogP contribution in [0.5, 0.6) is 0 Å². The van der Waals surface area contributed by atoms with Gasteiger partial charge in [0, 0.05) is 0 Å². The topological polar surface area (TPSA) is 46.5 Å². The SMILES string of the molecule is CCC(C)(C)C(=O)OC(CC12CC3CC(CC(C3)C1)C2)C(O)(C(F)(F)F)C(F)(F)F. The molecular formula is C21H30F6O3. The van der Waals surface area contributed by atoms with Crippen LogP contribution in [0.15, 0.2) is 0 Å². The number of ether oxygens (including phenoxy) is 1. The molecule has 174 valence electrons. The van der Waals surface area contributed by atoms with Gasteiger partial charge in [0.1, 0.15) is 6.10 Å². The van der Waals surface area contributed by atoms with Gasteiger partial charge in [-0.3, -0.25) is 4.79 Å². The monoisotopic (exact) mass is 444 g/mol. The van der Waals surface area contributed by atoms with Gasteiger partial charge < -0.3 is 9.84 Å².